The Labute approximate surface area is 131 Å². The van der Waals surface area contributed by atoms with Crippen LogP contribution in [-0.4, -0.2) is 41.0 Å². The van der Waals surface area contributed by atoms with Gasteiger partial charge in [0.15, 0.2) is 0 Å². The van der Waals surface area contributed by atoms with E-state index in [0.717, 1.165) is 9.26 Å². The van der Waals surface area contributed by atoms with Crippen LogP contribution >= 0.6 is 22.6 Å². The van der Waals surface area contributed by atoms with Gasteiger partial charge in [-0.15, -0.1) is 0 Å². The number of hydrogen-bond acceptors (Lipinski definition) is 3. The Hall–Kier alpha value is -1.15. The molecule has 0 spiro atoms. The van der Waals surface area contributed by atoms with E-state index in [9.17, 15) is 9.59 Å². The lowest BCUT2D eigenvalue weighted by molar-refractivity contribution is -0.141. The lowest BCUT2D eigenvalue weighted by atomic mass is 10.1. The second-order valence-electron chi connectivity index (χ2n) is 4.99. The SMILES string of the molecule is CC(C(=O)Nc1cccc(I)c1)N1CCC(C(=O)O)C1. The maximum Gasteiger partial charge on any atom is 0.307 e. The number of carbonyl (C=O) groups excluding carboxylic acids is 1. The zero-order valence-corrected chi connectivity index (χ0v) is 13.3. The summed E-state index contributed by atoms with van der Waals surface area (Å²) in [6.07, 6.45) is 0.607. The largest absolute Gasteiger partial charge is 0.481 e. The average molecular weight is 388 g/mol. The van der Waals surface area contributed by atoms with Crippen molar-refractivity contribution in [2.45, 2.75) is 19.4 Å². The van der Waals surface area contributed by atoms with Gasteiger partial charge in [0.2, 0.25) is 5.91 Å². The number of carbonyl (C=O) groups is 2. The Bertz CT molecular complexity index is 521. The molecule has 0 aliphatic carbocycles. The first-order valence-corrected chi connectivity index (χ1v) is 7.58. The lowest BCUT2D eigenvalue weighted by Gasteiger charge is -2.23. The molecule has 2 rings (SSSR count). The zero-order chi connectivity index (χ0) is 14.7. The summed E-state index contributed by atoms with van der Waals surface area (Å²) in [4.78, 5) is 25.0. The minimum Gasteiger partial charge on any atom is -0.481 e. The molecule has 0 bridgehead atoms. The third-order valence-corrected chi connectivity index (χ3v) is 4.26. The fourth-order valence-corrected chi connectivity index (χ4v) is 2.86. The van der Waals surface area contributed by atoms with Gasteiger partial charge in [-0.3, -0.25) is 14.5 Å². The number of hydrogen-bond donors (Lipinski definition) is 2. The van der Waals surface area contributed by atoms with Crippen LogP contribution in [0.4, 0.5) is 5.69 Å². The maximum atomic E-state index is 12.2. The number of nitrogens with zero attached hydrogens (tertiary/aromatic N) is 1. The molecule has 2 atom stereocenters. The summed E-state index contributed by atoms with van der Waals surface area (Å²) in [5.74, 6) is -1.24. The van der Waals surface area contributed by atoms with E-state index in [1.54, 1.807) is 0 Å². The Morgan fingerprint density at radius 1 is 1.50 bits per heavy atom. The van der Waals surface area contributed by atoms with Gasteiger partial charge in [-0.2, -0.15) is 0 Å². The van der Waals surface area contributed by atoms with Gasteiger partial charge < -0.3 is 10.4 Å². The number of halogens is 1. The third kappa shape index (κ3) is 3.69. The number of carboxylic acids is 1. The van der Waals surface area contributed by atoms with Crippen molar-refractivity contribution >= 4 is 40.2 Å². The Kier molecular flexibility index (Phi) is 4.98. The number of amides is 1. The molecule has 2 N–H and O–H groups in total. The van der Waals surface area contributed by atoms with E-state index in [0.29, 0.717) is 19.5 Å². The van der Waals surface area contributed by atoms with Crippen LogP contribution < -0.4 is 5.32 Å². The van der Waals surface area contributed by atoms with E-state index in [1.807, 2.05) is 36.1 Å². The highest BCUT2D eigenvalue weighted by Gasteiger charge is 2.33. The quantitative estimate of drug-likeness (QED) is 0.775. The summed E-state index contributed by atoms with van der Waals surface area (Å²) >= 11 is 2.19. The summed E-state index contributed by atoms with van der Waals surface area (Å²) in [6.45, 7) is 2.90. The topological polar surface area (TPSA) is 69.6 Å². The Balaban J connectivity index is 1.94. The van der Waals surface area contributed by atoms with Crippen molar-refractivity contribution in [1.82, 2.24) is 4.90 Å². The molecule has 1 amide bonds. The fourth-order valence-electron chi connectivity index (χ4n) is 2.32. The lowest BCUT2D eigenvalue weighted by Crippen LogP contribution is -2.41. The van der Waals surface area contributed by atoms with E-state index >= 15 is 0 Å². The molecule has 1 fully saturated rings. The number of likely N-dealkylation sites (tertiary alicyclic amines) is 1. The summed E-state index contributed by atoms with van der Waals surface area (Å²) in [5, 5.41) is 11.9. The van der Waals surface area contributed by atoms with E-state index in [-0.39, 0.29) is 17.9 Å². The molecule has 0 aromatic heterocycles. The molecular weight excluding hydrogens is 371 g/mol. The summed E-state index contributed by atoms with van der Waals surface area (Å²) < 4.78 is 1.06. The third-order valence-electron chi connectivity index (χ3n) is 3.59. The average Bonchev–Trinajstić information content (AvgIpc) is 2.87. The molecule has 1 aromatic rings. The van der Waals surface area contributed by atoms with Crippen molar-refractivity contribution in [1.29, 1.82) is 0 Å². The van der Waals surface area contributed by atoms with Gasteiger partial charge in [-0.25, -0.2) is 0 Å². The van der Waals surface area contributed by atoms with Crippen molar-refractivity contribution in [2.75, 3.05) is 18.4 Å². The normalized spacial score (nSPS) is 20.6. The standard InChI is InChI=1S/C14H17IN2O3/c1-9(17-6-5-10(8-17)14(19)20)13(18)16-12-4-2-3-11(15)7-12/h2-4,7,9-10H,5-6,8H2,1H3,(H,16,18)(H,19,20). The Morgan fingerprint density at radius 2 is 2.25 bits per heavy atom. The van der Waals surface area contributed by atoms with Gasteiger partial charge in [0.1, 0.15) is 0 Å². The van der Waals surface area contributed by atoms with Crippen molar-refractivity contribution in [3.05, 3.63) is 27.8 Å². The second kappa shape index (κ2) is 6.53. The van der Waals surface area contributed by atoms with Crippen LogP contribution in [-0.2, 0) is 9.59 Å². The molecule has 1 heterocycles. The fraction of sp³-hybridized carbons (Fsp3) is 0.429. The minimum atomic E-state index is -0.780. The number of aliphatic carboxylic acids is 1. The van der Waals surface area contributed by atoms with Gasteiger partial charge >= 0.3 is 5.97 Å². The molecule has 2 unspecified atom stereocenters. The number of nitrogens with one attached hydrogen (secondary N) is 1. The summed E-state index contributed by atoms with van der Waals surface area (Å²) in [7, 11) is 0. The summed E-state index contributed by atoms with van der Waals surface area (Å²) in [6, 6.07) is 7.26. The van der Waals surface area contributed by atoms with Gasteiger partial charge in [0.25, 0.3) is 0 Å². The predicted molar refractivity (Wildman–Crippen MR) is 84.6 cm³/mol. The number of carboxylic acid groups (broad SMARTS) is 1. The molecule has 1 saturated heterocycles. The van der Waals surface area contributed by atoms with Crippen molar-refractivity contribution in [3.8, 4) is 0 Å². The molecule has 6 heteroatoms. The van der Waals surface area contributed by atoms with Crippen LogP contribution in [0.3, 0.4) is 0 Å². The van der Waals surface area contributed by atoms with Crippen LogP contribution in [0, 0.1) is 9.49 Å². The number of rotatable bonds is 4. The molecule has 1 aromatic carbocycles. The molecule has 108 valence electrons. The van der Waals surface area contributed by atoms with Crippen LogP contribution in [0.1, 0.15) is 13.3 Å². The first-order chi connectivity index (χ1) is 9.47. The highest BCUT2D eigenvalue weighted by atomic mass is 127. The number of benzene rings is 1. The van der Waals surface area contributed by atoms with E-state index in [2.05, 4.69) is 27.9 Å². The monoisotopic (exact) mass is 388 g/mol. The van der Waals surface area contributed by atoms with Crippen molar-refractivity contribution in [2.24, 2.45) is 5.92 Å². The van der Waals surface area contributed by atoms with E-state index in [4.69, 9.17) is 5.11 Å². The molecule has 0 radical (unpaired) electrons. The van der Waals surface area contributed by atoms with E-state index < -0.39 is 5.97 Å². The highest BCUT2D eigenvalue weighted by Crippen LogP contribution is 2.20. The van der Waals surface area contributed by atoms with Crippen molar-refractivity contribution in [3.63, 3.8) is 0 Å². The predicted octanol–water partition coefficient (Wildman–Crippen LogP) is 2.02. The van der Waals surface area contributed by atoms with E-state index in [1.165, 1.54) is 0 Å². The van der Waals surface area contributed by atoms with Crippen molar-refractivity contribution < 1.29 is 14.7 Å². The molecule has 1 aliphatic rings. The van der Waals surface area contributed by atoms with Gasteiger partial charge in [0, 0.05) is 15.8 Å². The highest BCUT2D eigenvalue weighted by molar-refractivity contribution is 14.1. The van der Waals surface area contributed by atoms with Crippen LogP contribution in [0.2, 0.25) is 0 Å². The van der Waals surface area contributed by atoms with Crippen LogP contribution in [0.25, 0.3) is 0 Å². The molecule has 20 heavy (non-hydrogen) atoms. The molecule has 1 aliphatic heterocycles. The molecule has 5 nitrogen and oxygen atoms in total. The van der Waals surface area contributed by atoms with Gasteiger partial charge in [0.05, 0.1) is 12.0 Å². The summed E-state index contributed by atoms with van der Waals surface area (Å²) in [5.41, 5.74) is 0.766. The smallest absolute Gasteiger partial charge is 0.307 e. The van der Waals surface area contributed by atoms with Crippen LogP contribution in [0.15, 0.2) is 24.3 Å². The maximum absolute atomic E-state index is 12.2. The van der Waals surface area contributed by atoms with Gasteiger partial charge in [-0.05, 0) is 60.7 Å². The number of anilines is 1. The Morgan fingerprint density at radius 3 is 2.85 bits per heavy atom. The first-order valence-electron chi connectivity index (χ1n) is 6.50. The second-order valence-corrected chi connectivity index (χ2v) is 6.24. The minimum absolute atomic E-state index is 0.0990. The van der Waals surface area contributed by atoms with Crippen LogP contribution in [0.5, 0.6) is 0 Å². The molecular formula is C14H17IN2O3. The van der Waals surface area contributed by atoms with Gasteiger partial charge in [-0.1, -0.05) is 6.07 Å². The molecule has 0 saturated carbocycles. The zero-order valence-electron chi connectivity index (χ0n) is 11.2. The first kappa shape index (κ1) is 15.2.